The monoisotopic (exact) mass is 297 g/mol. The van der Waals surface area contributed by atoms with Gasteiger partial charge in [-0.1, -0.05) is 30.3 Å². The van der Waals surface area contributed by atoms with Crippen LogP contribution < -0.4 is 0 Å². The van der Waals surface area contributed by atoms with Crippen molar-refractivity contribution in [3.63, 3.8) is 0 Å². The highest BCUT2D eigenvalue weighted by molar-refractivity contribution is 5.85. The van der Waals surface area contributed by atoms with E-state index in [1.54, 1.807) is 0 Å². The molecular formula is C16H24ClNO2. The molecule has 3 nitrogen and oxygen atoms in total. The lowest BCUT2D eigenvalue weighted by molar-refractivity contribution is -0.193. The first kappa shape index (κ1) is 15.8. The molecule has 3 rings (SSSR count). The van der Waals surface area contributed by atoms with Crippen molar-refractivity contribution in [1.29, 1.82) is 0 Å². The van der Waals surface area contributed by atoms with E-state index < -0.39 is 0 Å². The van der Waals surface area contributed by atoms with Crippen LogP contribution in [0.4, 0.5) is 0 Å². The van der Waals surface area contributed by atoms with Crippen LogP contribution in [0.3, 0.4) is 0 Å². The molecule has 0 aromatic heterocycles. The van der Waals surface area contributed by atoms with Gasteiger partial charge in [-0.2, -0.15) is 0 Å². The first-order valence-electron chi connectivity index (χ1n) is 7.18. The van der Waals surface area contributed by atoms with Crippen LogP contribution in [0.5, 0.6) is 0 Å². The zero-order chi connectivity index (χ0) is 13.3. The molecule has 0 unspecified atom stereocenters. The molecule has 1 spiro atoms. The van der Waals surface area contributed by atoms with Crippen molar-refractivity contribution >= 4 is 12.4 Å². The summed E-state index contributed by atoms with van der Waals surface area (Å²) in [5.74, 6) is -0.283. The molecular weight excluding hydrogens is 274 g/mol. The van der Waals surface area contributed by atoms with E-state index >= 15 is 0 Å². The number of rotatable bonds is 2. The summed E-state index contributed by atoms with van der Waals surface area (Å²) in [6.45, 7) is 1.50. The molecule has 1 saturated carbocycles. The Balaban J connectivity index is 0.00000147. The van der Waals surface area contributed by atoms with Gasteiger partial charge in [0, 0.05) is 18.4 Å². The van der Waals surface area contributed by atoms with Crippen LogP contribution in [0.15, 0.2) is 30.3 Å². The van der Waals surface area contributed by atoms with Crippen LogP contribution in [0.2, 0.25) is 0 Å². The maximum atomic E-state index is 5.85. The average molecular weight is 298 g/mol. The summed E-state index contributed by atoms with van der Waals surface area (Å²) < 4.78 is 11.7. The fourth-order valence-corrected chi connectivity index (χ4v) is 3.57. The van der Waals surface area contributed by atoms with Crippen molar-refractivity contribution in [2.75, 3.05) is 27.3 Å². The Labute approximate surface area is 127 Å². The molecule has 4 heteroatoms. The molecule has 1 heterocycles. The van der Waals surface area contributed by atoms with E-state index in [0.29, 0.717) is 0 Å². The van der Waals surface area contributed by atoms with E-state index in [2.05, 4.69) is 49.3 Å². The summed E-state index contributed by atoms with van der Waals surface area (Å²) in [6.07, 6.45) is 4.15. The Morgan fingerprint density at radius 1 is 0.900 bits per heavy atom. The van der Waals surface area contributed by atoms with Crippen molar-refractivity contribution in [2.45, 2.75) is 37.0 Å². The first-order valence-corrected chi connectivity index (χ1v) is 7.18. The first-order chi connectivity index (χ1) is 9.17. The predicted molar refractivity (Wildman–Crippen MR) is 82.2 cm³/mol. The fraction of sp³-hybridized carbons (Fsp3) is 0.625. The smallest absolute Gasteiger partial charge is 0.168 e. The molecule has 0 N–H and O–H groups in total. The van der Waals surface area contributed by atoms with Gasteiger partial charge in [0.25, 0.3) is 0 Å². The Hall–Kier alpha value is -0.610. The number of benzene rings is 1. The molecule has 112 valence electrons. The second kappa shape index (κ2) is 6.02. The lowest BCUT2D eigenvalue weighted by atomic mass is 9.73. The van der Waals surface area contributed by atoms with Crippen molar-refractivity contribution in [3.8, 4) is 0 Å². The maximum Gasteiger partial charge on any atom is 0.168 e. The molecule has 0 bridgehead atoms. The molecule has 0 amide bonds. The molecule has 1 aromatic carbocycles. The summed E-state index contributed by atoms with van der Waals surface area (Å²) >= 11 is 0. The molecule has 20 heavy (non-hydrogen) atoms. The molecule has 1 aromatic rings. The quantitative estimate of drug-likeness (QED) is 0.837. The molecule has 2 fully saturated rings. The van der Waals surface area contributed by atoms with E-state index in [4.69, 9.17) is 9.47 Å². The zero-order valence-electron chi connectivity index (χ0n) is 12.3. The molecule has 0 atom stereocenters. The van der Waals surface area contributed by atoms with Gasteiger partial charge in [0.1, 0.15) is 0 Å². The van der Waals surface area contributed by atoms with Crippen molar-refractivity contribution in [1.82, 2.24) is 4.90 Å². The lowest BCUT2D eigenvalue weighted by Crippen LogP contribution is -2.49. The van der Waals surface area contributed by atoms with Gasteiger partial charge in [0.05, 0.1) is 13.2 Å². The summed E-state index contributed by atoms with van der Waals surface area (Å²) in [6, 6.07) is 10.8. The predicted octanol–water partition coefficient (Wildman–Crippen LogP) is 3.18. The SMILES string of the molecule is CN(C)C1(c2ccccc2)CCC2(CC1)OCCO2.Cl. The van der Waals surface area contributed by atoms with E-state index in [0.717, 1.165) is 38.9 Å². The summed E-state index contributed by atoms with van der Waals surface area (Å²) in [5, 5.41) is 0. The average Bonchev–Trinajstić information content (AvgIpc) is 2.89. The van der Waals surface area contributed by atoms with Gasteiger partial charge < -0.3 is 9.47 Å². The van der Waals surface area contributed by atoms with Gasteiger partial charge in [0.2, 0.25) is 0 Å². The third-order valence-corrected chi connectivity index (χ3v) is 4.82. The van der Waals surface area contributed by atoms with E-state index in [9.17, 15) is 0 Å². The van der Waals surface area contributed by atoms with Crippen molar-refractivity contribution in [2.24, 2.45) is 0 Å². The Morgan fingerprint density at radius 3 is 1.95 bits per heavy atom. The number of hydrogen-bond donors (Lipinski definition) is 0. The van der Waals surface area contributed by atoms with Crippen LogP contribution in [0, 0.1) is 0 Å². The van der Waals surface area contributed by atoms with Gasteiger partial charge in [0.15, 0.2) is 5.79 Å². The van der Waals surface area contributed by atoms with Crippen molar-refractivity contribution in [3.05, 3.63) is 35.9 Å². The highest BCUT2D eigenvalue weighted by Crippen LogP contribution is 2.47. The van der Waals surface area contributed by atoms with Crippen LogP contribution >= 0.6 is 12.4 Å². The van der Waals surface area contributed by atoms with Crippen LogP contribution in [-0.2, 0) is 15.0 Å². The minimum absolute atomic E-state index is 0. The van der Waals surface area contributed by atoms with E-state index in [1.165, 1.54) is 5.56 Å². The summed E-state index contributed by atoms with van der Waals surface area (Å²) in [4.78, 5) is 2.37. The van der Waals surface area contributed by atoms with Crippen molar-refractivity contribution < 1.29 is 9.47 Å². The molecule has 0 radical (unpaired) electrons. The molecule has 1 aliphatic carbocycles. The zero-order valence-corrected chi connectivity index (χ0v) is 13.1. The van der Waals surface area contributed by atoms with E-state index in [-0.39, 0.29) is 23.7 Å². The lowest BCUT2D eigenvalue weighted by Gasteiger charge is -2.48. The summed E-state index contributed by atoms with van der Waals surface area (Å²) in [5.41, 5.74) is 1.54. The minimum atomic E-state index is -0.283. The normalized spacial score (nSPS) is 23.8. The summed E-state index contributed by atoms with van der Waals surface area (Å²) in [7, 11) is 4.36. The topological polar surface area (TPSA) is 21.7 Å². The number of hydrogen-bond acceptors (Lipinski definition) is 3. The third-order valence-electron chi connectivity index (χ3n) is 4.82. The fourth-order valence-electron chi connectivity index (χ4n) is 3.57. The maximum absolute atomic E-state index is 5.85. The Bertz CT molecular complexity index is 419. The van der Waals surface area contributed by atoms with Crippen LogP contribution in [-0.4, -0.2) is 38.0 Å². The number of nitrogens with zero attached hydrogens (tertiary/aromatic N) is 1. The second-order valence-corrected chi connectivity index (χ2v) is 5.90. The standard InChI is InChI=1S/C16H23NO2.ClH/c1-17(2)15(14-6-4-3-5-7-14)8-10-16(11-9-15)18-12-13-19-16;/h3-7H,8-13H2,1-2H3;1H. The molecule has 1 saturated heterocycles. The largest absolute Gasteiger partial charge is 0.348 e. The van der Waals surface area contributed by atoms with Crippen LogP contribution in [0.1, 0.15) is 31.2 Å². The van der Waals surface area contributed by atoms with Gasteiger partial charge in [-0.25, -0.2) is 0 Å². The highest BCUT2D eigenvalue weighted by atomic mass is 35.5. The van der Waals surface area contributed by atoms with Crippen LogP contribution in [0.25, 0.3) is 0 Å². The number of halogens is 1. The molecule has 1 aliphatic heterocycles. The van der Waals surface area contributed by atoms with Gasteiger partial charge in [-0.05, 0) is 32.5 Å². The van der Waals surface area contributed by atoms with Gasteiger partial charge in [-0.15, -0.1) is 12.4 Å². The number of ether oxygens (including phenoxy) is 2. The highest BCUT2D eigenvalue weighted by Gasteiger charge is 2.47. The second-order valence-electron chi connectivity index (χ2n) is 5.90. The Morgan fingerprint density at radius 2 is 1.45 bits per heavy atom. The third kappa shape index (κ3) is 2.60. The molecule has 2 aliphatic rings. The van der Waals surface area contributed by atoms with Gasteiger partial charge in [-0.3, -0.25) is 4.90 Å². The van der Waals surface area contributed by atoms with E-state index in [1.807, 2.05) is 0 Å². The Kier molecular flexibility index (Phi) is 4.75. The minimum Gasteiger partial charge on any atom is -0.348 e. The van der Waals surface area contributed by atoms with Gasteiger partial charge >= 0.3 is 0 Å².